The average Bonchev–Trinajstić information content (AvgIpc) is 2.90. The largest absolute Gasteiger partial charge is 0.495 e. The first-order chi connectivity index (χ1) is 18.0. The van der Waals surface area contributed by atoms with Gasteiger partial charge in [-0.25, -0.2) is 25.6 Å². The Bertz CT molecular complexity index is 1590. The van der Waals surface area contributed by atoms with Gasteiger partial charge in [-0.3, -0.25) is 0 Å². The standard InChI is InChI=1S/C27H25ClF2O6S2/c1-35-23-4-2-3-5-24(23)37(31,32)16-17-12-13-27(38(33,34)20-8-6-19(28)7-9-20)18(14-17)15-36-26-22(30)11-10-21(29)25(26)27/h2-11,17-18H,12-16H2,1H3/t17-,18-,27+/m0/s1. The second kappa shape index (κ2) is 9.81. The van der Waals surface area contributed by atoms with Crippen LogP contribution >= 0.6 is 11.6 Å². The van der Waals surface area contributed by atoms with E-state index in [1.807, 2.05) is 0 Å². The quantitative estimate of drug-likeness (QED) is 0.377. The fraction of sp³-hybridized carbons (Fsp3) is 0.333. The van der Waals surface area contributed by atoms with Gasteiger partial charge in [0.05, 0.1) is 29.9 Å². The van der Waals surface area contributed by atoms with Gasteiger partial charge in [0.25, 0.3) is 0 Å². The van der Waals surface area contributed by atoms with Crippen molar-refractivity contribution in [2.45, 2.75) is 33.8 Å². The number of sulfone groups is 2. The first-order valence-electron chi connectivity index (χ1n) is 12.0. The zero-order valence-corrected chi connectivity index (χ0v) is 22.8. The fourth-order valence-corrected chi connectivity index (χ4v) is 10.2. The molecule has 11 heteroatoms. The van der Waals surface area contributed by atoms with E-state index in [4.69, 9.17) is 21.1 Å². The van der Waals surface area contributed by atoms with Crippen LogP contribution in [0.4, 0.5) is 8.78 Å². The fourth-order valence-electron chi connectivity index (χ4n) is 5.86. The molecular formula is C27H25ClF2O6S2. The monoisotopic (exact) mass is 582 g/mol. The van der Waals surface area contributed by atoms with Crippen LogP contribution in [0.15, 0.2) is 70.5 Å². The number of fused-ring (bicyclic) bond motifs is 3. The Morgan fingerprint density at radius 2 is 1.68 bits per heavy atom. The van der Waals surface area contributed by atoms with E-state index in [0.717, 1.165) is 12.1 Å². The second-order valence-electron chi connectivity index (χ2n) is 9.66. The molecule has 0 spiro atoms. The van der Waals surface area contributed by atoms with Crippen LogP contribution in [-0.2, 0) is 24.4 Å². The number of methoxy groups -OCH3 is 1. The highest BCUT2D eigenvalue weighted by molar-refractivity contribution is 7.92. The molecule has 1 aliphatic heterocycles. The summed E-state index contributed by atoms with van der Waals surface area (Å²) in [4.78, 5) is -0.0324. The third kappa shape index (κ3) is 4.26. The lowest BCUT2D eigenvalue weighted by molar-refractivity contribution is 0.103. The molecule has 2 aliphatic rings. The second-order valence-corrected chi connectivity index (χ2v) is 14.3. The van der Waals surface area contributed by atoms with Crippen LogP contribution in [-0.4, -0.2) is 36.3 Å². The summed E-state index contributed by atoms with van der Waals surface area (Å²) < 4.78 is 94.3. The molecule has 0 bridgehead atoms. The Labute approximate surface area is 225 Å². The number of rotatable bonds is 6. The van der Waals surface area contributed by atoms with Gasteiger partial charge in [0, 0.05) is 10.9 Å². The smallest absolute Gasteiger partial charge is 0.188 e. The third-order valence-electron chi connectivity index (χ3n) is 7.57. The van der Waals surface area contributed by atoms with Crippen LogP contribution in [0.3, 0.4) is 0 Å². The van der Waals surface area contributed by atoms with E-state index < -0.39 is 53.6 Å². The molecule has 0 aromatic heterocycles. The molecule has 0 amide bonds. The summed E-state index contributed by atoms with van der Waals surface area (Å²) in [5, 5.41) is 0.327. The molecular weight excluding hydrogens is 558 g/mol. The lowest BCUT2D eigenvalue weighted by Gasteiger charge is -2.49. The molecule has 0 radical (unpaired) electrons. The summed E-state index contributed by atoms with van der Waals surface area (Å²) in [5.74, 6) is -3.45. The van der Waals surface area contributed by atoms with Crippen molar-refractivity contribution in [2.24, 2.45) is 11.8 Å². The average molecular weight is 583 g/mol. The Morgan fingerprint density at radius 1 is 1.00 bits per heavy atom. The predicted octanol–water partition coefficient (Wildman–Crippen LogP) is 5.58. The molecule has 3 aromatic rings. The Morgan fingerprint density at radius 3 is 2.39 bits per heavy atom. The molecule has 1 fully saturated rings. The van der Waals surface area contributed by atoms with Crippen molar-refractivity contribution in [2.75, 3.05) is 19.5 Å². The molecule has 5 rings (SSSR count). The number of hydrogen-bond donors (Lipinski definition) is 0. The Hall–Kier alpha value is -2.69. The van der Waals surface area contributed by atoms with Crippen LogP contribution in [0, 0.1) is 23.5 Å². The number of ether oxygens (including phenoxy) is 2. The Kier molecular flexibility index (Phi) is 6.94. The lowest BCUT2D eigenvalue weighted by Crippen LogP contribution is -2.52. The maximum absolute atomic E-state index is 15.4. The summed E-state index contributed by atoms with van der Waals surface area (Å²) in [5.41, 5.74) is -0.338. The maximum atomic E-state index is 15.4. The highest BCUT2D eigenvalue weighted by Gasteiger charge is 2.59. The van der Waals surface area contributed by atoms with E-state index in [2.05, 4.69) is 0 Å². The number of para-hydroxylation sites is 1. The van der Waals surface area contributed by atoms with Crippen LogP contribution in [0.1, 0.15) is 24.8 Å². The van der Waals surface area contributed by atoms with Gasteiger partial charge < -0.3 is 9.47 Å². The van der Waals surface area contributed by atoms with E-state index in [1.165, 1.54) is 37.4 Å². The van der Waals surface area contributed by atoms with Gasteiger partial charge in [-0.2, -0.15) is 0 Å². The van der Waals surface area contributed by atoms with E-state index in [9.17, 15) is 21.2 Å². The molecule has 3 aromatic carbocycles. The van der Waals surface area contributed by atoms with Gasteiger partial charge in [0.2, 0.25) is 0 Å². The minimum absolute atomic E-state index is 0.0477. The summed E-state index contributed by atoms with van der Waals surface area (Å²) in [6, 6.07) is 13.6. The van der Waals surface area contributed by atoms with Gasteiger partial charge in [0.15, 0.2) is 31.2 Å². The van der Waals surface area contributed by atoms with Crippen molar-refractivity contribution < 1.29 is 35.1 Å². The molecule has 0 saturated heterocycles. The van der Waals surface area contributed by atoms with E-state index >= 15 is 4.39 Å². The first-order valence-corrected chi connectivity index (χ1v) is 15.5. The SMILES string of the molecule is COc1ccccc1S(=O)(=O)C[C@H]1CC[C@]2(S(=O)(=O)c3ccc(Cl)cc3)c3c(F)ccc(F)c3OC[C@@H]2C1. The van der Waals surface area contributed by atoms with E-state index in [0.29, 0.717) is 5.02 Å². The highest BCUT2D eigenvalue weighted by atomic mass is 35.5. The van der Waals surface area contributed by atoms with Crippen LogP contribution in [0.5, 0.6) is 11.5 Å². The van der Waals surface area contributed by atoms with Gasteiger partial charge >= 0.3 is 0 Å². The van der Waals surface area contributed by atoms with Gasteiger partial charge in [-0.1, -0.05) is 23.7 Å². The van der Waals surface area contributed by atoms with Crippen LogP contribution in [0.25, 0.3) is 0 Å². The summed E-state index contributed by atoms with van der Waals surface area (Å²) >= 11 is 5.97. The van der Waals surface area contributed by atoms with Gasteiger partial charge in [0.1, 0.15) is 21.2 Å². The molecule has 0 N–H and O–H groups in total. The molecule has 1 heterocycles. The van der Waals surface area contributed by atoms with Crippen molar-refractivity contribution in [3.8, 4) is 11.5 Å². The topological polar surface area (TPSA) is 86.7 Å². The Balaban J connectivity index is 1.58. The minimum Gasteiger partial charge on any atom is -0.495 e. The molecule has 1 aliphatic carbocycles. The predicted molar refractivity (Wildman–Crippen MR) is 138 cm³/mol. The minimum atomic E-state index is -4.30. The lowest BCUT2D eigenvalue weighted by atomic mass is 9.69. The molecule has 1 saturated carbocycles. The molecule has 202 valence electrons. The van der Waals surface area contributed by atoms with Crippen molar-refractivity contribution in [3.05, 3.63) is 82.9 Å². The molecule has 38 heavy (non-hydrogen) atoms. The third-order valence-corrected chi connectivity index (χ3v) is 12.3. The summed E-state index contributed by atoms with van der Waals surface area (Å²) in [7, 11) is -6.71. The summed E-state index contributed by atoms with van der Waals surface area (Å²) in [6.45, 7) is -0.203. The zero-order chi connectivity index (χ0) is 27.3. The van der Waals surface area contributed by atoms with Crippen LogP contribution < -0.4 is 9.47 Å². The zero-order valence-electron chi connectivity index (χ0n) is 20.4. The highest BCUT2D eigenvalue weighted by Crippen LogP contribution is 2.57. The van der Waals surface area contributed by atoms with Crippen molar-refractivity contribution in [3.63, 3.8) is 0 Å². The van der Waals surface area contributed by atoms with Crippen molar-refractivity contribution >= 4 is 31.3 Å². The van der Waals surface area contributed by atoms with E-state index in [-0.39, 0.29) is 52.7 Å². The normalized spacial score (nSPS) is 23.2. The number of halogens is 3. The van der Waals surface area contributed by atoms with Crippen LogP contribution in [0.2, 0.25) is 5.02 Å². The first kappa shape index (κ1) is 26.9. The molecule has 6 nitrogen and oxygen atoms in total. The maximum Gasteiger partial charge on any atom is 0.188 e. The van der Waals surface area contributed by atoms with Crippen molar-refractivity contribution in [1.82, 2.24) is 0 Å². The number of hydrogen-bond acceptors (Lipinski definition) is 6. The van der Waals surface area contributed by atoms with Gasteiger partial charge in [-0.05, 0) is 73.7 Å². The number of benzene rings is 3. The molecule has 3 atom stereocenters. The van der Waals surface area contributed by atoms with Gasteiger partial charge in [-0.15, -0.1) is 0 Å². The molecule has 0 unspecified atom stereocenters. The summed E-state index contributed by atoms with van der Waals surface area (Å²) in [6.07, 6.45) is 0.176. The van der Waals surface area contributed by atoms with Crippen molar-refractivity contribution in [1.29, 1.82) is 0 Å². The van der Waals surface area contributed by atoms with E-state index in [1.54, 1.807) is 18.2 Å².